The smallest absolute Gasteiger partial charge is 0.254 e. The van der Waals surface area contributed by atoms with Crippen molar-refractivity contribution in [1.29, 1.82) is 0 Å². The van der Waals surface area contributed by atoms with Gasteiger partial charge in [0.25, 0.3) is 5.92 Å². The Labute approximate surface area is 128 Å². The number of carbonyl (C=O) groups excluding carboxylic acids is 1. The third-order valence-corrected chi connectivity index (χ3v) is 3.83. The normalized spacial score (nSPS) is 18.5. The summed E-state index contributed by atoms with van der Waals surface area (Å²) in [5, 5.41) is 3.87. The lowest BCUT2D eigenvalue weighted by Gasteiger charge is -2.37. The van der Waals surface area contributed by atoms with Gasteiger partial charge < -0.3 is 9.42 Å². The standard InChI is InChI=1S/C14H22F2N4O2/c1-4-11-17-13(22-18-11)10(2)19-5-7-20(8-6-19)12(21)9-14(3,15)16/h10H,4-9H2,1-3H3. The Balaban J connectivity index is 1.87. The van der Waals surface area contributed by atoms with Crippen LogP contribution in [0.2, 0.25) is 0 Å². The number of carbonyl (C=O) groups is 1. The predicted molar refractivity (Wildman–Crippen MR) is 75.5 cm³/mol. The van der Waals surface area contributed by atoms with Crippen molar-refractivity contribution in [2.45, 2.75) is 45.6 Å². The molecule has 1 aliphatic heterocycles. The number of halogens is 2. The summed E-state index contributed by atoms with van der Waals surface area (Å²) in [6.45, 7) is 6.77. The summed E-state index contributed by atoms with van der Waals surface area (Å²) in [6.07, 6.45) is -0.0181. The first kappa shape index (κ1) is 16.8. The maximum Gasteiger partial charge on any atom is 0.254 e. The molecular weight excluding hydrogens is 294 g/mol. The number of aromatic nitrogens is 2. The minimum Gasteiger partial charge on any atom is -0.340 e. The summed E-state index contributed by atoms with van der Waals surface area (Å²) < 4.78 is 31.0. The van der Waals surface area contributed by atoms with E-state index in [0.29, 0.717) is 44.3 Å². The lowest BCUT2D eigenvalue weighted by Crippen LogP contribution is -2.50. The van der Waals surface area contributed by atoms with Crippen LogP contribution in [0.4, 0.5) is 8.78 Å². The van der Waals surface area contributed by atoms with Crippen LogP contribution in [0.25, 0.3) is 0 Å². The predicted octanol–water partition coefficient (Wildman–Crippen LogP) is 1.88. The molecule has 8 heteroatoms. The number of nitrogens with zero attached hydrogens (tertiary/aromatic N) is 4. The molecule has 1 aliphatic rings. The lowest BCUT2D eigenvalue weighted by atomic mass is 10.2. The molecule has 1 aromatic heterocycles. The largest absolute Gasteiger partial charge is 0.340 e. The van der Waals surface area contributed by atoms with E-state index in [1.807, 2.05) is 13.8 Å². The highest BCUT2D eigenvalue weighted by Gasteiger charge is 2.32. The van der Waals surface area contributed by atoms with Crippen molar-refractivity contribution in [2.75, 3.05) is 26.2 Å². The number of hydrogen-bond acceptors (Lipinski definition) is 5. The van der Waals surface area contributed by atoms with Crippen LogP contribution >= 0.6 is 0 Å². The average Bonchev–Trinajstić information content (AvgIpc) is 2.94. The molecule has 2 rings (SSSR count). The van der Waals surface area contributed by atoms with Crippen LogP contribution in [0.3, 0.4) is 0 Å². The molecule has 124 valence electrons. The van der Waals surface area contributed by atoms with Gasteiger partial charge in [-0.25, -0.2) is 8.78 Å². The van der Waals surface area contributed by atoms with Crippen LogP contribution in [-0.2, 0) is 11.2 Å². The molecule has 1 atom stereocenters. The third kappa shape index (κ3) is 4.22. The first-order valence-electron chi connectivity index (χ1n) is 7.52. The van der Waals surface area contributed by atoms with Gasteiger partial charge in [0, 0.05) is 32.6 Å². The van der Waals surface area contributed by atoms with Crippen molar-refractivity contribution in [3.8, 4) is 0 Å². The second-order valence-electron chi connectivity index (χ2n) is 5.74. The second-order valence-corrected chi connectivity index (χ2v) is 5.74. The Hall–Kier alpha value is -1.57. The Morgan fingerprint density at radius 2 is 2.00 bits per heavy atom. The zero-order valence-corrected chi connectivity index (χ0v) is 13.2. The monoisotopic (exact) mass is 316 g/mol. The summed E-state index contributed by atoms with van der Waals surface area (Å²) in [5.74, 6) is -2.23. The van der Waals surface area contributed by atoms with Gasteiger partial charge in [0.15, 0.2) is 5.82 Å². The zero-order chi connectivity index (χ0) is 16.3. The van der Waals surface area contributed by atoms with E-state index < -0.39 is 18.3 Å². The fourth-order valence-electron chi connectivity index (χ4n) is 2.47. The van der Waals surface area contributed by atoms with Crippen LogP contribution in [0, 0.1) is 0 Å². The molecule has 1 unspecified atom stereocenters. The fraction of sp³-hybridized carbons (Fsp3) is 0.786. The number of amides is 1. The quantitative estimate of drug-likeness (QED) is 0.830. The van der Waals surface area contributed by atoms with Gasteiger partial charge in [-0.15, -0.1) is 0 Å². The molecule has 0 N–H and O–H groups in total. The molecule has 0 spiro atoms. The topological polar surface area (TPSA) is 62.5 Å². The van der Waals surface area contributed by atoms with Gasteiger partial charge >= 0.3 is 0 Å². The molecule has 6 nitrogen and oxygen atoms in total. The van der Waals surface area contributed by atoms with Crippen molar-refractivity contribution in [2.24, 2.45) is 0 Å². The van der Waals surface area contributed by atoms with Crippen molar-refractivity contribution >= 4 is 5.91 Å². The van der Waals surface area contributed by atoms with Crippen molar-refractivity contribution in [3.05, 3.63) is 11.7 Å². The van der Waals surface area contributed by atoms with Gasteiger partial charge in [0.1, 0.15) is 0 Å². The zero-order valence-electron chi connectivity index (χ0n) is 13.2. The highest BCUT2D eigenvalue weighted by atomic mass is 19.3. The van der Waals surface area contributed by atoms with Crippen LogP contribution in [-0.4, -0.2) is 57.9 Å². The van der Waals surface area contributed by atoms with Crippen molar-refractivity contribution in [3.63, 3.8) is 0 Å². The van der Waals surface area contributed by atoms with Gasteiger partial charge in [0.2, 0.25) is 11.8 Å². The maximum absolute atomic E-state index is 12.9. The second kappa shape index (κ2) is 6.68. The van der Waals surface area contributed by atoms with E-state index in [1.54, 1.807) is 0 Å². The van der Waals surface area contributed by atoms with Gasteiger partial charge in [-0.1, -0.05) is 12.1 Å². The van der Waals surface area contributed by atoms with Gasteiger partial charge in [-0.2, -0.15) is 4.98 Å². The SMILES string of the molecule is CCc1noc(C(C)N2CCN(C(=O)CC(C)(F)F)CC2)n1. The number of alkyl halides is 2. The number of hydrogen-bond donors (Lipinski definition) is 0. The Bertz CT molecular complexity index is 507. The lowest BCUT2D eigenvalue weighted by molar-refractivity contribution is -0.139. The van der Waals surface area contributed by atoms with Gasteiger partial charge in [-0.3, -0.25) is 9.69 Å². The van der Waals surface area contributed by atoms with E-state index in [-0.39, 0.29) is 6.04 Å². The van der Waals surface area contributed by atoms with Crippen LogP contribution in [0.5, 0.6) is 0 Å². The Morgan fingerprint density at radius 3 is 2.50 bits per heavy atom. The first-order valence-corrected chi connectivity index (χ1v) is 7.52. The number of rotatable bonds is 5. The van der Waals surface area contributed by atoms with Crippen molar-refractivity contribution in [1.82, 2.24) is 19.9 Å². The first-order chi connectivity index (χ1) is 10.3. The molecule has 0 saturated carbocycles. The van der Waals surface area contributed by atoms with E-state index >= 15 is 0 Å². The van der Waals surface area contributed by atoms with E-state index in [0.717, 1.165) is 6.92 Å². The van der Waals surface area contributed by atoms with E-state index in [4.69, 9.17) is 4.52 Å². The van der Waals surface area contributed by atoms with E-state index in [2.05, 4.69) is 15.0 Å². The minimum atomic E-state index is -2.96. The molecule has 0 radical (unpaired) electrons. The Kier molecular flexibility index (Phi) is 5.10. The van der Waals surface area contributed by atoms with Crippen LogP contribution in [0.1, 0.15) is 44.9 Å². The highest BCUT2D eigenvalue weighted by molar-refractivity contribution is 5.77. The van der Waals surface area contributed by atoms with Crippen LogP contribution < -0.4 is 0 Å². The molecule has 22 heavy (non-hydrogen) atoms. The molecule has 0 aliphatic carbocycles. The molecule has 1 saturated heterocycles. The molecular formula is C14H22F2N4O2. The van der Waals surface area contributed by atoms with Crippen LogP contribution in [0.15, 0.2) is 4.52 Å². The highest BCUT2D eigenvalue weighted by Crippen LogP contribution is 2.22. The van der Waals surface area contributed by atoms with E-state index in [9.17, 15) is 13.6 Å². The summed E-state index contributed by atoms with van der Waals surface area (Å²) in [7, 11) is 0. The Morgan fingerprint density at radius 1 is 1.36 bits per heavy atom. The summed E-state index contributed by atoms with van der Waals surface area (Å²) in [5.41, 5.74) is 0. The number of piperazine rings is 1. The summed E-state index contributed by atoms with van der Waals surface area (Å²) in [4.78, 5) is 19.7. The summed E-state index contributed by atoms with van der Waals surface area (Å²) >= 11 is 0. The average molecular weight is 316 g/mol. The van der Waals surface area contributed by atoms with Crippen molar-refractivity contribution < 1.29 is 18.1 Å². The molecule has 1 fully saturated rings. The molecule has 2 heterocycles. The van der Waals surface area contributed by atoms with E-state index in [1.165, 1.54) is 4.90 Å². The van der Waals surface area contributed by atoms with Gasteiger partial charge in [0.05, 0.1) is 12.5 Å². The molecule has 0 bridgehead atoms. The molecule has 0 aromatic carbocycles. The summed E-state index contributed by atoms with van der Waals surface area (Å²) in [6, 6.07) is -0.0438. The van der Waals surface area contributed by atoms with Gasteiger partial charge in [-0.05, 0) is 13.8 Å². The third-order valence-electron chi connectivity index (χ3n) is 3.83. The number of aryl methyl sites for hydroxylation is 1. The minimum absolute atomic E-state index is 0.0438. The molecule has 1 aromatic rings. The molecule has 1 amide bonds. The maximum atomic E-state index is 12.9. The fourth-order valence-corrected chi connectivity index (χ4v) is 2.47.